The van der Waals surface area contributed by atoms with Crippen molar-refractivity contribution in [3.63, 3.8) is 0 Å². The first kappa shape index (κ1) is 14.1. The number of nitrogens with zero attached hydrogens (tertiary/aromatic N) is 1. The van der Waals surface area contributed by atoms with Crippen molar-refractivity contribution in [1.82, 2.24) is 4.98 Å². The van der Waals surface area contributed by atoms with Crippen molar-refractivity contribution in [3.05, 3.63) is 45.4 Å². The van der Waals surface area contributed by atoms with Crippen LogP contribution in [0, 0.1) is 13.8 Å². The molecule has 102 valence electrons. The van der Waals surface area contributed by atoms with Gasteiger partial charge in [-0.05, 0) is 38.8 Å². The zero-order valence-electron chi connectivity index (χ0n) is 12.2. The number of para-hydroxylation sites is 1. The first-order valence-corrected chi connectivity index (χ1v) is 7.71. The monoisotopic (exact) mass is 274 g/mol. The summed E-state index contributed by atoms with van der Waals surface area (Å²) in [5.41, 5.74) is 3.80. The van der Waals surface area contributed by atoms with Gasteiger partial charge >= 0.3 is 0 Å². The minimum absolute atomic E-state index is 0.309. The number of aryl methyl sites for hydroxylation is 3. The maximum Gasteiger partial charge on any atom is 0.0900 e. The van der Waals surface area contributed by atoms with Gasteiger partial charge in [-0.2, -0.15) is 0 Å². The highest BCUT2D eigenvalue weighted by molar-refractivity contribution is 7.11. The van der Waals surface area contributed by atoms with Gasteiger partial charge in [-0.3, -0.25) is 0 Å². The minimum Gasteiger partial charge on any atom is -0.377 e. The van der Waals surface area contributed by atoms with Crippen LogP contribution in [0.15, 0.2) is 24.3 Å². The molecule has 0 spiro atoms. The molecule has 19 heavy (non-hydrogen) atoms. The number of benzene rings is 1. The van der Waals surface area contributed by atoms with Gasteiger partial charge in [0.25, 0.3) is 0 Å². The van der Waals surface area contributed by atoms with Gasteiger partial charge in [0.1, 0.15) is 0 Å². The van der Waals surface area contributed by atoms with E-state index >= 15 is 0 Å². The summed E-state index contributed by atoms with van der Waals surface area (Å²) >= 11 is 1.79. The van der Waals surface area contributed by atoms with Crippen LogP contribution in [0.3, 0.4) is 0 Å². The van der Waals surface area contributed by atoms with E-state index in [0.29, 0.717) is 6.04 Å². The van der Waals surface area contributed by atoms with Crippen LogP contribution in [0.1, 0.15) is 47.5 Å². The van der Waals surface area contributed by atoms with Crippen LogP contribution < -0.4 is 5.32 Å². The second-order valence-electron chi connectivity index (χ2n) is 4.96. The summed E-state index contributed by atoms with van der Waals surface area (Å²) in [5, 5.41) is 4.78. The van der Waals surface area contributed by atoms with E-state index in [0.717, 1.165) is 17.1 Å². The van der Waals surface area contributed by atoms with Gasteiger partial charge in [-0.1, -0.05) is 31.5 Å². The molecule has 1 unspecified atom stereocenters. The molecule has 2 rings (SSSR count). The number of thiazole rings is 1. The summed E-state index contributed by atoms with van der Waals surface area (Å²) in [6, 6.07) is 8.90. The van der Waals surface area contributed by atoms with Gasteiger partial charge in [-0.15, -0.1) is 11.3 Å². The fourth-order valence-electron chi connectivity index (χ4n) is 2.40. The zero-order chi connectivity index (χ0) is 13.8. The summed E-state index contributed by atoms with van der Waals surface area (Å²) in [5.74, 6) is 0. The largest absolute Gasteiger partial charge is 0.377 e. The van der Waals surface area contributed by atoms with Crippen molar-refractivity contribution in [2.24, 2.45) is 0 Å². The molecule has 3 heteroatoms. The van der Waals surface area contributed by atoms with Crippen LogP contribution >= 0.6 is 11.3 Å². The molecule has 0 saturated carbocycles. The van der Waals surface area contributed by atoms with E-state index < -0.39 is 0 Å². The Bertz CT molecular complexity index is 545. The van der Waals surface area contributed by atoms with Crippen molar-refractivity contribution < 1.29 is 0 Å². The van der Waals surface area contributed by atoms with Gasteiger partial charge in [-0.25, -0.2) is 4.98 Å². The summed E-state index contributed by atoms with van der Waals surface area (Å²) in [4.78, 5) is 5.85. The molecule has 1 heterocycles. The van der Waals surface area contributed by atoms with Crippen molar-refractivity contribution >= 4 is 17.0 Å². The lowest BCUT2D eigenvalue weighted by Crippen LogP contribution is -2.08. The molecule has 1 aromatic heterocycles. The molecule has 0 bridgehead atoms. The van der Waals surface area contributed by atoms with Crippen molar-refractivity contribution in [2.45, 2.75) is 46.6 Å². The normalized spacial score (nSPS) is 12.4. The second-order valence-corrected chi connectivity index (χ2v) is 6.19. The molecular formula is C16H22N2S. The standard InChI is InChI=1S/C16H22N2S/c1-5-8-14-9-6-7-10-15(14)18-12(3)16-11(2)17-13(4)19-16/h6-7,9-10,12,18H,5,8H2,1-4H3. The van der Waals surface area contributed by atoms with Gasteiger partial charge in [0, 0.05) is 10.6 Å². The third-order valence-corrected chi connectivity index (χ3v) is 4.50. The second kappa shape index (κ2) is 6.20. The average Bonchev–Trinajstić information content (AvgIpc) is 2.71. The Labute approximate surface area is 119 Å². The number of aromatic nitrogens is 1. The van der Waals surface area contributed by atoms with E-state index in [1.54, 1.807) is 11.3 Å². The Morgan fingerprint density at radius 2 is 2.00 bits per heavy atom. The fraction of sp³-hybridized carbons (Fsp3) is 0.438. The Kier molecular flexibility index (Phi) is 4.59. The topological polar surface area (TPSA) is 24.9 Å². The molecule has 0 fully saturated rings. The molecular weight excluding hydrogens is 252 g/mol. The lowest BCUT2D eigenvalue weighted by molar-refractivity contribution is 0.871. The third-order valence-electron chi connectivity index (χ3n) is 3.24. The van der Waals surface area contributed by atoms with E-state index in [1.807, 2.05) is 0 Å². The molecule has 1 atom stereocenters. The van der Waals surface area contributed by atoms with Crippen LogP contribution in [0.4, 0.5) is 5.69 Å². The van der Waals surface area contributed by atoms with E-state index in [1.165, 1.54) is 22.5 Å². The Morgan fingerprint density at radius 3 is 2.63 bits per heavy atom. The predicted octanol–water partition coefficient (Wildman–Crippen LogP) is 4.89. The number of rotatable bonds is 5. The number of anilines is 1. The maximum absolute atomic E-state index is 4.51. The Balaban J connectivity index is 2.19. The SMILES string of the molecule is CCCc1ccccc1NC(C)c1sc(C)nc1C. The molecule has 0 aliphatic heterocycles. The van der Waals surface area contributed by atoms with Gasteiger partial charge < -0.3 is 5.32 Å². The zero-order valence-corrected chi connectivity index (χ0v) is 13.0. The van der Waals surface area contributed by atoms with Crippen molar-refractivity contribution in [1.29, 1.82) is 0 Å². The fourth-order valence-corrected chi connectivity index (χ4v) is 3.33. The van der Waals surface area contributed by atoms with Gasteiger partial charge in [0.05, 0.1) is 16.7 Å². The number of nitrogens with one attached hydrogen (secondary N) is 1. The van der Waals surface area contributed by atoms with Crippen LogP contribution in [0.5, 0.6) is 0 Å². The number of hydrogen-bond donors (Lipinski definition) is 1. The highest BCUT2D eigenvalue weighted by Gasteiger charge is 2.13. The minimum atomic E-state index is 0.309. The molecule has 1 aromatic carbocycles. The lowest BCUT2D eigenvalue weighted by Gasteiger charge is -2.17. The Morgan fingerprint density at radius 1 is 1.26 bits per heavy atom. The third kappa shape index (κ3) is 3.35. The smallest absolute Gasteiger partial charge is 0.0900 e. The molecule has 0 aliphatic carbocycles. The molecule has 0 saturated heterocycles. The van der Waals surface area contributed by atoms with Crippen LogP contribution in [-0.4, -0.2) is 4.98 Å². The summed E-state index contributed by atoms with van der Waals surface area (Å²) in [7, 11) is 0. The van der Waals surface area contributed by atoms with Crippen LogP contribution in [0.2, 0.25) is 0 Å². The van der Waals surface area contributed by atoms with E-state index in [-0.39, 0.29) is 0 Å². The number of hydrogen-bond acceptors (Lipinski definition) is 3. The maximum atomic E-state index is 4.51. The highest BCUT2D eigenvalue weighted by Crippen LogP contribution is 2.29. The average molecular weight is 274 g/mol. The van der Waals surface area contributed by atoms with E-state index in [2.05, 4.69) is 62.3 Å². The molecule has 0 radical (unpaired) electrons. The molecule has 2 aromatic rings. The first-order valence-electron chi connectivity index (χ1n) is 6.90. The summed E-state index contributed by atoms with van der Waals surface area (Å²) in [6.45, 7) is 8.59. The molecule has 2 nitrogen and oxygen atoms in total. The van der Waals surface area contributed by atoms with Gasteiger partial charge in [0.15, 0.2) is 0 Å². The predicted molar refractivity (Wildman–Crippen MR) is 84.1 cm³/mol. The highest BCUT2D eigenvalue weighted by atomic mass is 32.1. The van der Waals surface area contributed by atoms with Gasteiger partial charge in [0.2, 0.25) is 0 Å². The van der Waals surface area contributed by atoms with Crippen LogP contribution in [-0.2, 0) is 6.42 Å². The van der Waals surface area contributed by atoms with Crippen molar-refractivity contribution in [2.75, 3.05) is 5.32 Å². The van der Waals surface area contributed by atoms with Crippen LogP contribution in [0.25, 0.3) is 0 Å². The molecule has 0 amide bonds. The first-order chi connectivity index (χ1) is 9.11. The van der Waals surface area contributed by atoms with E-state index in [4.69, 9.17) is 0 Å². The summed E-state index contributed by atoms with van der Waals surface area (Å²) < 4.78 is 0. The van der Waals surface area contributed by atoms with E-state index in [9.17, 15) is 0 Å². The molecule has 1 N–H and O–H groups in total. The quantitative estimate of drug-likeness (QED) is 0.840. The Hall–Kier alpha value is -1.35. The van der Waals surface area contributed by atoms with Crippen molar-refractivity contribution in [3.8, 4) is 0 Å². The summed E-state index contributed by atoms with van der Waals surface area (Å²) in [6.07, 6.45) is 2.29. The molecule has 0 aliphatic rings. The lowest BCUT2D eigenvalue weighted by atomic mass is 10.1.